The maximum atomic E-state index is 12.7. The topological polar surface area (TPSA) is 110 Å². The normalized spacial score (nSPS) is 18.2. The zero-order valence-corrected chi connectivity index (χ0v) is 17.7. The first-order chi connectivity index (χ1) is 14.3. The fraction of sp³-hybridized carbons (Fsp3) is 0.550. The van der Waals surface area contributed by atoms with Crippen molar-refractivity contribution < 1.29 is 32.3 Å². The molecule has 0 saturated carbocycles. The lowest BCUT2D eigenvalue weighted by Gasteiger charge is -2.30. The summed E-state index contributed by atoms with van der Waals surface area (Å²) in [4.78, 5) is 37.8. The van der Waals surface area contributed by atoms with E-state index in [-0.39, 0.29) is 28.3 Å². The van der Waals surface area contributed by atoms with Gasteiger partial charge in [0.1, 0.15) is 0 Å². The zero-order valence-electron chi connectivity index (χ0n) is 16.9. The first kappa shape index (κ1) is 22.2. The first-order valence-corrected chi connectivity index (χ1v) is 11.4. The van der Waals surface area contributed by atoms with Crippen molar-refractivity contribution >= 4 is 27.9 Å². The predicted octanol–water partition coefficient (Wildman–Crippen LogP) is 1.04. The van der Waals surface area contributed by atoms with E-state index in [1.165, 1.54) is 35.7 Å². The molecule has 1 aromatic carbocycles. The fourth-order valence-corrected chi connectivity index (χ4v) is 5.26. The Balaban J connectivity index is 1.55. The molecule has 3 rings (SSSR count). The van der Waals surface area contributed by atoms with Gasteiger partial charge in [0.25, 0.3) is 5.91 Å². The van der Waals surface area contributed by atoms with Crippen molar-refractivity contribution in [3.05, 3.63) is 29.8 Å². The van der Waals surface area contributed by atoms with Crippen molar-refractivity contribution in [1.29, 1.82) is 0 Å². The highest BCUT2D eigenvalue weighted by atomic mass is 32.2. The van der Waals surface area contributed by atoms with Crippen molar-refractivity contribution in [2.75, 3.05) is 39.9 Å². The number of benzene rings is 1. The van der Waals surface area contributed by atoms with Crippen molar-refractivity contribution in [2.45, 2.75) is 30.6 Å². The van der Waals surface area contributed by atoms with E-state index >= 15 is 0 Å². The second-order valence-corrected chi connectivity index (χ2v) is 9.33. The summed E-state index contributed by atoms with van der Waals surface area (Å²) in [6.07, 6.45) is 2.64. The van der Waals surface area contributed by atoms with Gasteiger partial charge in [0.2, 0.25) is 10.0 Å². The molecule has 0 spiro atoms. The molecule has 2 saturated heterocycles. The van der Waals surface area contributed by atoms with Gasteiger partial charge in [-0.1, -0.05) is 6.07 Å². The van der Waals surface area contributed by atoms with Gasteiger partial charge in [0, 0.05) is 26.2 Å². The zero-order chi connectivity index (χ0) is 21.7. The molecule has 1 aromatic rings. The van der Waals surface area contributed by atoms with Crippen LogP contribution in [0.4, 0.5) is 0 Å². The van der Waals surface area contributed by atoms with E-state index in [4.69, 9.17) is 9.47 Å². The number of esters is 2. The van der Waals surface area contributed by atoms with Crippen LogP contribution in [0.2, 0.25) is 0 Å². The maximum absolute atomic E-state index is 12.7. The second kappa shape index (κ2) is 9.57. The monoisotopic (exact) mass is 438 g/mol. The molecule has 0 aromatic heterocycles. The maximum Gasteiger partial charge on any atom is 0.338 e. The van der Waals surface area contributed by atoms with Gasteiger partial charge in [-0.15, -0.1) is 0 Å². The van der Waals surface area contributed by atoms with E-state index in [9.17, 15) is 22.8 Å². The Morgan fingerprint density at radius 2 is 1.73 bits per heavy atom. The Kier molecular flexibility index (Phi) is 7.09. The summed E-state index contributed by atoms with van der Waals surface area (Å²) in [5, 5.41) is 0. The summed E-state index contributed by atoms with van der Waals surface area (Å²) < 4.78 is 36.5. The molecule has 0 atom stereocenters. The lowest BCUT2D eigenvalue weighted by Crippen LogP contribution is -2.42. The molecule has 0 unspecified atom stereocenters. The van der Waals surface area contributed by atoms with Crippen LogP contribution in [-0.2, 0) is 29.1 Å². The molecule has 2 aliphatic rings. The van der Waals surface area contributed by atoms with Gasteiger partial charge >= 0.3 is 11.9 Å². The van der Waals surface area contributed by atoms with E-state index in [2.05, 4.69) is 0 Å². The van der Waals surface area contributed by atoms with Crippen molar-refractivity contribution in [3.8, 4) is 0 Å². The Morgan fingerprint density at radius 3 is 2.37 bits per heavy atom. The van der Waals surface area contributed by atoms with E-state index < -0.39 is 22.6 Å². The van der Waals surface area contributed by atoms with Crippen molar-refractivity contribution in [1.82, 2.24) is 9.21 Å². The van der Waals surface area contributed by atoms with Crippen LogP contribution in [0.1, 0.15) is 36.0 Å². The van der Waals surface area contributed by atoms with Crippen molar-refractivity contribution in [3.63, 3.8) is 0 Å². The van der Waals surface area contributed by atoms with Crippen LogP contribution < -0.4 is 0 Å². The van der Waals surface area contributed by atoms with Crippen LogP contribution in [0.3, 0.4) is 0 Å². The number of methoxy groups -OCH3 is 1. The van der Waals surface area contributed by atoms with Gasteiger partial charge in [0.15, 0.2) is 6.61 Å². The summed E-state index contributed by atoms with van der Waals surface area (Å²) in [6, 6.07) is 5.67. The highest BCUT2D eigenvalue weighted by Gasteiger charge is 2.29. The number of hydrogen-bond donors (Lipinski definition) is 0. The first-order valence-electron chi connectivity index (χ1n) is 9.96. The highest BCUT2D eigenvalue weighted by Crippen LogP contribution is 2.22. The fourth-order valence-electron chi connectivity index (χ4n) is 3.69. The number of nitrogens with zero attached hydrogens (tertiary/aromatic N) is 2. The summed E-state index contributed by atoms with van der Waals surface area (Å²) in [7, 11) is -2.31. The van der Waals surface area contributed by atoms with Crippen LogP contribution in [0.5, 0.6) is 0 Å². The van der Waals surface area contributed by atoms with Crippen LogP contribution in [0.25, 0.3) is 0 Å². The smallest absolute Gasteiger partial charge is 0.338 e. The van der Waals surface area contributed by atoms with Gasteiger partial charge in [-0.25, -0.2) is 13.2 Å². The van der Waals surface area contributed by atoms with E-state index in [1.54, 1.807) is 4.90 Å². The number of likely N-dealkylation sites (tertiary alicyclic amines) is 1. The summed E-state index contributed by atoms with van der Waals surface area (Å²) in [6.45, 7) is 1.28. The molecule has 0 aliphatic carbocycles. The second-order valence-electron chi connectivity index (χ2n) is 7.39. The summed E-state index contributed by atoms with van der Waals surface area (Å²) in [5.41, 5.74) is 0.0764. The molecule has 0 bridgehead atoms. The molecule has 0 N–H and O–H groups in total. The largest absolute Gasteiger partial charge is 0.469 e. The quantitative estimate of drug-likeness (QED) is 0.610. The van der Waals surface area contributed by atoms with Gasteiger partial charge in [-0.3, -0.25) is 9.59 Å². The molecule has 2 heterocycles. The third-order valence-electron chi connectivity index (χ3n) is 5.48. The Morgan fingerprint density at radius 1 is 1.07 bits per heavy atom. The van der Waals surface area contributed by atoms with Crippen LogP contribution in [-0.4, -0.2) is 75.4 Å². The number of carbonyl (C=O) groups excluding carboxylic acids is 3. The number of carbonyl (C=O) groups is 3. The Hall–Kier alpha value is -2.46. The van der Waals surface area contributed by atoms with Gasteiger partial charge < -0.3 is 14.4 Å². The molecule has 2 fully saturated rings. The lowest BCUT2D eigenvalue weighted by atomic mass is 9.97. The van der Waals surface area contributed by atoms with Crippen LogP contribution in [0, 0.1) is 5.92 Å². The molecule has 9 nitrogen and oxygen atoms in total. The molecule has 0 radical (unpaired) electrons. The average molecular weight is 439 g/mol. The minimum Gasteiger partial charge on any atom is -0.469 e. The van der Waals surface area contributed by atoms with Crippen LogP contribution >= 0.6 is 0 Å². The summed E-state index contributed by atoms with van der Waals surface area (Å²) in [5.74, 6) is -1.61. The molecular formula is C20H26N2O7S. The number of sulfonamides is 1. The number of piperidine rings is 1. The number of ether oxygens (including phenoxy) is 2. The van der Waals surface area contributed by atoms with Gasteiger partial charge in [0.05, 0.1) is 23.5 Å². The molecule has 164 valence electrons. The third-order valence-corrected chi connectivity index (χ3v) is 7.38. The summed E-state index contributed by atoms with van der Waals surface area (Å²) >= 11 is 0. The van der Waals surface area contributed by atoms with Crippen molar-refractivity contribution in [2.24, 2.45) is 5.92 Å². The minimum atomic E-state index is -3.65. The lowest BCUT2D eigenvalue weighted by molar-refractivity contribution is -0.149. The minimum absolute atomic E-state index is 0.0371. The van der Waals surface area contributed by atoms with Gasteiger partial charge in [-0.2, -0.15) is 4.31 Å². The molecule has 2 aliphatic heterocycles. The molecule has 30 heavy (non-hydrogen) atoms. The highest BCUT2D eigenvalue weighted by molar-refractivity contribution is 7.89. The molecule has 1 amide bonds. The Bertz CT molecular complexity index is 901. The van der Waals surface area contributed by atoms with Gasteiger partial charge in [-0.05, 0) is 43.9 Å². The van der Waals surface area contributed by atoms with E-state index in [1.807, 2.05) is 0 Å². The standard InChI is InChI=1S/C20H26N2O7S/c1-28-19(24)15-7-11-21(12-8-15)18(23)14-29-20(25)16-5-4-6-17(13-16)30(26,27)22-9-2-3-10-22/h4-6,13,15H,2-3,7-12,14H2,1H3. The average Bonchev–Trinajstić information content (AvgIpc) is 3.33. The third kappa shape index (κ3) is 4.99. The number of amides is 1. The molecule has 10 heteroatoms. The van der Waals surface area contributed by atoms with E-state index in [0.717, 1.165) is 12.8 Å². The predicted molar refractivity (Wildman–Crippen MR) is 106 cm³/mol. The van der Waals surface area contributed by atoms with Crippen LogP contribution in [0.15, 0.2) is 29.2 Å². The van der Waals surface area contributed by atoms with E-state index in [0.29, 0.717) is 39.0 Å². The molecular weight excluding hydrogens is 412 g/mol. The SMILES string of the molecule is COC(=O)C1CCN(C(=O)COC(=O)c2cccc(S(=O)(=O)N3CCCC3)c2)CC1. The number of hydrogen-bond acceptors (Lipinski definition) is 7. The number of rotatable bonds is 6. The Labute approximate surface area is 176 Å².